The number of carbonyl (C=O) groups excluding carboxylic acids is 2. The van der Waals surface area contributed by atoms with E-state index >= 15 is 0 Å². The molecule has 1 amide bonds. The molecule has 1 aliphatic heterocycles. The molecule has 0 bridgehead atoms. The number of hydrogen-bond donors (Lipinski definition) is 1. The summed E-state index contributed by atoms with van der Waals surface area (Å²) in [7, 11) is 1.61. The number of aromatic nitrogens is 1. The van der Waals surface area contributed by atoms with Crippen LogP contribution < -0.4 is 10.1 Å². The molecule has 6 nitrogen and oxygen atoms in total. The molecule has 1 aromatic heterocycles. The third-order valence-electron chi connectivity index (χ3n) is 4.59. The number of hydrogen-bond acceptors (Lipinski definition) is 6. The normalized spacial score (nSPS) is 15.4. The number of amides is 1. The summed E-state index contributed by atoms with van der Waals surface area (Å²) in [6.45, 7) is 0.000134. The van der Waals surface area contributed by atoms with Gasteiger partial charge in [-0.25, -0.2) is 9.37 Å². The van der Waals surface area contributed by atoms with E-state index in [2.05, 4.69) is 10.3 Å². The maximum Gasteiger partial charge on any atom is 0.314 e. The molecule has 0 radical (unpaired) electrons. The Labute approximate surface area is 170 Å². The Morgan fingerprint density at radius 3 is 2.83 bits per heavy atom. The summed E-state index contributed by atoms with van der Waals surface area (Å²) in [5.41, 5.74) is 2.41. The first kappa shape index (κ1) is 19.1. The topological polar surface area (TPSA) is 77.5 Å². The van der Waals surface area contributed by atoms with E-state index in [1.165, 1.54) is 29.5 Å². The van der Waals surface area contributed by atoms with Gasteiger partial charge in [0, 0.05) is 23.1 Å². The lowest BCUT2D eigenvalue weighted by atomic mass is 9.90. The molecule has 0 saturated heterocycles. The Balaban J connectivity index is 1.44. The number of nitrogens with one attached hydrogen (secondary N) is 1. The van der Waals surface area contributed by atoms with Crippen LogP contribution in [0.2, 0.25) is 0 Å². The second-order valence-corrected chi connectivity index (χ2v) is 7.37. The molecule has 2 heterocycles. The van der Waals surface area contributed by atoms with Gasteiger partial charge in [0.2, 0.25) is 5.91 Å². The number of fused-ring (bicyclic) bond motifs is 1. The van der Waals surface area contributed by atoms with Gasteiger partial charge in [0.25, 0.3) is 0 Å². The average molecular weight is 412 g/mol. The Bertz CT molecular complexity index is 1060. The van der Waals surface area contributed by atoms with Crippen LogP contribution in [0.3, 0.4) is 0 Å². The highest BCUT2D eigenvalue weighted by Gasteiger charge is 2.32. The van der Waals surface area contributed by atoms with E-state index < -0.39 is 17.7 Å². The SMILES string of the molecule is COc1ccc(-c2nc(COC(=O)C3CC(=O)Nc4cc(F)ccc43)cs2)cc1. The number of esters is 1. The maximum atomic E-state index is 13.4. The van der Waals surface area contributed by atoms with Crippen molar-refractivity contribution in [3.05, 3.63) is 64.9 Å². The van der Waals surface area contributed by atoms with Gasteiger partial charge in [0.15, 0.2) is 0 Å². The van der Waals surface area contributed by atoms with Crippen molar-refractivity contribution in [2.45, 2.75) is 18.9 Å². The number of rotatable bonds is 5. The first-order valence-electron chi connectivity index (χ1n) is 8.88. The molecule has 8 heteroatoms. The number of benzene rings is 2. The van der Waals surface area contributed by atoms with Gasteiger partial charge in [-0.1, -0.05) is 6.07 Å². The molecule has 2 aromatic carbocycles. The van der Waals surface area contributed by atoms with Crippen molar-refractivity contribution in [3.8, 4) is 16.3 Å². The standard InChI is InChI=1S/C21H17FN2O4S/c1-27-15-5-2-12(3-6-15)20-23-14(11-29-20)10-28-21(26)17-9-19(25)24-18-8-13(22)4-7-16(17)18/h2-8,11,17H,9-10H2,1H3,(H,24,25). The Kier molecular flexibility index (Phi) is 5.26. The Morgan fingerprint density at radius 1 is 1.28 bits per heavy atom. The lowest BCUT2D eigenvalue weighted by Gasteiger charge is -2.24. The van der Waals surface area contributed by atoms with Crippen molar-refractivity contribution in [2.75, 3.05) is 12.4 Å². The highest BCUT2D eigenvalue weighted by molar-refractivity contribution is 7.13. The molecule has 0 saturated carbocycles. The molecule has 4 rings (SSSR count). The van der Waals surface area contributed by atoms with Crippen molar-refractivity contribution in [2.24, 2.45) is 0 Å². The lowest BCUT2D eigenvalue weighted by molar-refractivity contribution is -0.148. The van der Waals surface area contributed by atoms with Crippen LogP contribution >= 0.6 is 11.3 Å². The molecular formula is C21H17FN2O4S. The molecule has 1 atom stereocenters. The highest BCUT2D eigenvalue weighted by Crippen LogP contribution is 2.34. The Morgan fingerprint density at radius 2 is 2.07 bits per heavy atom. The molecule has 1 unspecified atom stereocenters. The molecule has 1 N–H and O–H groups in total. The fraction of sp³-hybridized carbons (Fsp3) is 0.190. The van der Waals surface area contributed by atoms with E-state index in [0.29, 0.717) is 16.9 Å². The van der Waals surface area contributed by atoms with Gasteiger partial charge in [-0.05, 0) is 42.0 Å². The van der Waals surface area contributed by atoms with E-state index in [1.807, 2.05) is 29.6 Å². The summed E-state index contributed by atoms with van der Waals surface area (Å²) in [6, 6.07) is 11.5. The Hall–Kier alpha value is -3.26. The first-order valence-corrected chi connectivity index (χ1v) is 9.76. The second kappa shape index (κ2) is 8.00. The predicted octanol–water partition coefficient (Wildman–Crippen LogP) is 4.13. The van der Waals surface area contributed by atoms with Crippen LogP contribution in [-0.4, -0.2) is 24.0 Å². The summed E-state index contributed by atoms with van der Waals surface area (Å²) in [4.78, 5) is 28.9. The van der Waals surface area contributed by atoms with Gasteiger partial charge in [-0.15, -0.1) is 11.3 Å². The number of nitrogens with zero attached hydrogens (tertiary/aromatic N) is 1. The molecule has 0 fully saturated rings. The van der Waals surface area contributed by atoms with Gasteiger partial charge < -0.3 is 14.8 Å². The van der Waals surface area contributed by atoms with Crippen LogP contribution in [0.4, 0.5) is 10.1 Å². The van der Waals surface area contributed by atoms with Gasteiger partial charge in [-0.3, -0.25) is 9.59 Å². The van der Waals surface area contributed by atoms with Crippen LogP contribution in [0.15, 0.2) is 47.8 Å². The summed E-state index contributed by atoms with van der Waals surface area (Å²) < 4.78 is 24.0. The molecule has 29 heavy (non-hydrogen) atoms. The minimum Gasteiger partial charge on any atom is -0.497 e. The monoisotopic (exact) mass is 412 g/mol. The minimum atomic E-state index is -0.765. The lowest BCUT2D eigenvalue weighted by Crippen LogP contribution is -2.28. The molecule has 148 valence electrons. The molecule has 1 aliphatic rings. The van der Waals surface area contributed by atoms with Crippen LogP contribution in [0, 0.1) is 5.82 Å². The molecule has 0 aliphatic carbocycles. The van der Waals surface area contributed by atoms with Crippen molar-refractivity contribution < 1.29 is 23.5 Å². The zero-order chi connectivity index (χ0) is 20.4. The number of halogens is 1. The van der Waals surface area contributed by atoms with Gasteiger partial charge in [-0.2, -0.15) is 0 Å². The van der Waals surface area contributed by atoms with E-state index in [1.54, 1.807) is 7.11 Å². The van der Waals surface area contributed by atoms with E-state index in [4.69, 9.17) is 9.47 Å². The number of carbonyl (C=O) groups is 2. The van der Waals surface area contributed by atoms with Gasteiger partial charge in [0.05, 0.1) is 18.7 Å². The van der Waals surface area contributed by atoms with Crippen molar-refractivity contribution in [1.29, 1.82) is 0 Å². The summed E-state index contributed by atoms with van der Waals surface area (Å²) >= 11 is 1.44. The minimum absolute atomic E-state index is 0.000134. The summed E-state index contributed by atoms with van der Waals surface area (Å²) in [6.07, 6.45) is -0.0361. The first-order chi connectivity index (χ1) is 14.0. The van der Waals surface area contributed by atoms with E-state index in [9.17, 15) is 14.0 Å². The zero-order valence-corrected chi connectivity index (χ0v) is 16.3. The van der Waals surface area contributed by atoms with Crippen molar-refractivity contribution in [1.82, 2.24) is 4.98 Å². The number of anilines is 1. The van der Waals surface area contributed by atoms with Crippen LogP contribution in [0.1, 0.15) is 23.6 Å². The average Bonchev–Trinajstić information content (AvgIpc) is 3.20. The van der Waals surface area contributed by atoms with Gasteiger partial charge >= 0.3 is 5.97 Å². The quantitative estimate of drug-likeness (QED) is 0.638. The molecular weight excluding hydrogens is 395 g/mol. The maximum absolute atomic E-state index is 13.4. The molecule has 0 spiro atoms. The predicted molar refractivity (Wildman–Crippen MR) is 106 cm³/mol. The van der Waals surface area contributed by atoms with Crippen LogP contribution in [-0.2, 0) is 20.9 Å². The number of thiazole rings is 1. The van der Waals surface area contributed by atoms with E-state index in [0.717, 1.165) is 16.3 Å². The van der Waals surface area contributed by atoms with Crippen LogP contribution in [0.5, 0.6) is 5.75 Å². The fourth-order valence-corrected chi connectivity index (χ4v) is 3.94. The summed E-state index contributed by atoms with van der Waals surface area (Å²) in [5, 5.41) is 5.21. The van der Waals surface area contributed by atoms with Gasteiger partial charge in [0.1, 0.15) is 23.2 Å². The smallest absolute Gasteiger partial charge is 0.314 e. The van der Waals surface area contributed by atoms with Crippen molar-refractivity contribution >= 4 is 28.9 Å². The molecule has 3 aromatic rings. The fourth-order valence-electron chi connectivity index (χ4n) is 3.13. The van der Waals surface area contributed by atoms with Crippen LogP contribution in [0.25, 0.3) is 10.6 Å². The zero-order valence-electron chi connectivity index (χ0n) is 15.5. The summed E-state index contributed by atoms with van der Waals surface area (Å²) in [5.74, 6) is -1.37. The van der Waals surface area contributed by atoms with E-state index in [-0.39, 0.29) is 18.9 Å². The highest BCUT2D eigenvalue weighted by atomic mass is 32.1. The third kappa shape index (κ3) is 4.12. The number of ether oxygens (including phenoxy) is 2. The largest absolute Gasteiger partial charge is 0.497 e. The number of methoxy groups -OCH3 is 1. The van der Waals surface area contributed by atoms with Crippen molar-refractivity contribution in [3.63, 3.8) is 0 Å². The second-order valence-electron chi connectivity index (χ2n) is 6.52. The third-order valence-corrected chi connectivity index (χ3v) is 5.53.